The van der Waals surface area contributed by atoms with Crippen LogP contribution in [0.2, 0.25) is 0 Å². The first-order valence-corrected chi connectivity index (χ1v) is 13.2. The number of rotatable bonds is 5. The van der Waals surface area contributed by atoms with E-state index in [1.54, 1.807) is 16.7 Å². The van der Waals surface area contributed by atoms with Crippen molar-refractivity contribution in [2.24, 2.45) is 0 Å². The van der Waals surface area contributed by atoms with Crippen molar-refractivity contribution in [2.75, 3.05) is 13.2 Å². The summed E-state index contributed by atoms with van der Waals surface area (Å²) in [7, 11) is 0. The van der Waals surface area contributed by atoms with E-state index in [9.17, 15) is 0 Å². The maximum Gasteiger partial charge on any atom is 0.0691 e. The minimum absolute atomic E-state index is 0.104. The monoisotopic (exact) mass is 430 g/mol. The molecule has 170 valence electrons. The molecule has 2 unspecified atom stereocenters. The Hall–Kier alpha value is -1.71. The minimum Gasteiger partial charge on any atom is -0.375 e. The van der Waals surface area contributed by atoms with Gasteiger partial charge in [0.1, 0.15) is 0 Å². The van der Waals surface area contributed by atoms with Crippen LogP contribution in [0.4, 0.5) is 0 Å². The Kier molecular flexibility index (Phi) is 5.59. The van der Waals surface area contributed by atoms with Gasteiger partial charge in [0.2, 0.25) is 0 Å². The second kappa shape index (κ2) is 8.57. The third kappa shape index (κ3) is 3.72. The van der Waals surface area contributed by atoms with Gasteiger partial charge in [-0.15, -0.1) is 0 Å². The SMILES string of the molecule is c1ccc([C@]2(CCNC3CCC4CCCc5cccc3c54)CCOC3(CCCC3)C2)nc1. The molecule has 3 aliphatic carbocycles. The third-order valence-corrected chi connectivity index (χ3v) is 9.18. The summed E-state index contributed by atoms with van der Waals surface area (Å²) in [4.78, 5) is 4.89. The third-order valence-electron chi connectivity index (χ3n) is 9.18. The van der Waals surface area contributed by atoms with Crippen LogP contribution in [0.5, 0.6) is 0 Å². The van der Waals surface area contributed by atoms with E-state index in [0.29, 0.717) is 6.04 Å². The maximum atomic E-state index is 6.44. The molecule has 1 saturated carbocycles. The molecule has 3 nitrogen and oxygen atoms in total. The van der Waals surface area contributed by atoms with Crippen molar-refractivity contribution in [1.29, 1.82) is 0 Å². The molecule has 32 heavy (non-hydrogen) atoms. The molecular weight excluding hydrogens is 392 g/mol. The lowest BCUT2D eigenvalue weighted by Gasteiger charge is -2.46. The number of aryl methyl sites for hydroxylation is 1. The van der Waals surface area contributed by atoms with E-state index in [-0.39, 0.29) is 11.0 Å². The number of benzene rings is 1. The Morgan fingerprint density at radius 3 is 2.78 bits per heavy atom. The molecule has 1 aromatic carbocycles. The maximum absolute atomic E-state index is 6.44. The predicted octanol–water partition coefficient (Wildman–Crippen LogP) is 6.38. The van der Waals surface area contributed by atoms with Crippen molar-refractivity contribution in [3.05, 3.63) is 65.0 Å². The van der Waals surface area contributed by atoms with Gasteiger partial charge >= 0.3 is 0 Å². The lowest BCUT2D eigenvalue weighted by atomic mass is 9.67. The molecule has 1 N–H and O–H groups in total. The van der Waals surface area contributed by atoms with Crippen molar-refractivity contribution in [2.45, 2.75) is 100 Å². The summed E-state index contributed by atoms with van der Waals surface area (Å²) >= 11 is 0. The van der Waals surface area contributed by atoms with Crippen LogP contribution in [0.3, 0.4) is 0 Å². The average molecular weight is 431 g/mol. The molecule has 1 saturated heterocycles. The minimum atomic E-state index is 0.104. The summed E-state index contributed by atoms with van der Waals surface area (Å²) < 4.78 is 6.44. The smallest absolute Gasteiger partial charge is 0.0691 e. The largest absolute Gasteiger partial charge is 0.375 e. The summed E-state index contributed by atoms with van der Waals surface area (Å²) in [5.41, 5.74) is 6.47. The van der Waals surface area contributed by atoms with E-state index >= 15 is 0 Å². The molecule has 1 spiro atoms. The second-order valence-corrected chi connectivity index (χ2v) is 11.0. The Morgan fingerprint density at radius 1 is 0.969 bits per heavy atom. The van der Waals surface area contributed by atoms with E-state index in [1.807, 2.05) is 6.20 Å². The van der Waals surface area contributed by atoms with Crippen LogP contribution < -0.4 is 5.32 Å². The molecule has 2 fully saturated rings. The first kappa shape index (κ1) is 20.9. The Bertz CT molecular complexity index is 935. The fourth-order valence-corrected chi connectivity index (χ4v) is 7.64. The quantitative estimate of drug-likeness (QED) is 0.598. The first-order chi connectivity index (χ1) is 15.8. The van der Waals surface area contributed by atoms with E-state index in [1.165, 1.54) is 63.5 Å². The second-order valence-electron chi connectivity index (χ2n) is 11.0. The van der Waals surface area contributed by atoms with Crippen LogP contribution in [0.1, 0.15) is 105 Å². The fourth-order valence-electron chi connectivity index (χ4n) is 7.64. The zero-order chi connectivity index (χ0) is 21.4. The molecule has 2 heterocycles. The highest BCUT2D eigenvalue weighted by Crippen LogP contribution is 2.50. The number of pyridine rings is 1. The number of hydrogen-bond donors (Lipinski definition) is 1. The van der Waals surface area contributed by atoms with Gasteiger partial charge in [-0.25, -0.2) is 0 Å². The van der Waals surface area contributed by atoms with Gasteiger partial charge < -0.3 is 10.1 Å². The lowest BCUT2D eigenvalue weighted by Crippen LogP contribution is -2.47. The van der Waals surface area contributed by atoms with Gasteiger partial charge in [0.25, 0.3) is 0 Å². The van der Waals surface area contributed by atoms with Gasteiger partial charge in [0, 0.05) is 30.0 Å². The number of hydrogen-bond acceptors (Lipinski definition) is 3. The van der Waals surface area contributed by atoms with E-state index in [4.69, 9.17) is 9.72 Å². The van der Waals surface area contributed by atoms with Crippen LogP contribution in [0, 0.1) is 0 Å². The number of nitrogens with zero attached hydrogens (tertiary/aromatic N) is 1. The highest BCUT2D eigenvalue weighted by molar-refractivity contribution is 5.43. The summed E-state index contributed by atoms with van der Waals surface area (Å²) in [5, 5.41) is 4.03. The lowest BCUT2D eigenvalue weighted by molar-refractivity contribution is -0.104. The summed E-state index contributed by atoms with van der Waals surface area (Å²) in [6.07, 6.45) is 17.2. The van der Waals surface area contributed by atoms with Crippen molar-refractivity contribution in [3.63, 3.8) is 0 Å². The van der Waals surface area contributed by atoms with Crippen molar-refractivity contribution >= 4 is 0 Å². The fraction of sp³-hybridized carbons (Fsp3) is 0.621. The molecule has 4 aliphatic rings. The Balaban J connectivity index is 1.21. The summed E-state index contributed by atoms with van der Waals surface area (Å²) in [6.45, 7) is 1.94. The average Bonchev–Trinajstić information content (AvgIpc) is 3.28. The standard InChI is InChI=1S/C29H38N2O/c1-4-18-31-26(11-1)28(17-20-32-29(21-28)14-2-3-15-29)16-19-30-25-13-12-23-8-5-7-22-9-6-10-24(25)27(22)23/h1,4,6,9-11,18,23,25,30H,2-3,5,7-8,12-17,19-21H2/t23?,25?,28-/m1/s1. The van der Waals surface area contributed by atoms with Crippen LogP contribution in [0.25, 0.3) is 0 Å². The van der Waals surface area contributed by atoms with Crippen molar-refractivity contribution in [3.8, 4) is 0 Å². The zero-order valence-corrected chi connectivity index (χ0v) is 19.5. The van der Waals surface area contributed by atoms with Gasteiger partial charge in [0.15, 0.2) is 0 Å². The van der Waals surface area contributed by atoms with Gasteiger partial charge in [-0.05, 0) is 105 Å². The summed E-state index contributed by atoms with van der Waals surface area (Å²) in [6, 6.07) is 14.1. The van der Waals surface area contributed by atoms with Gasteiger partial charge in [-0.1, -0.05) is 37.1 Å². The molecule has 1 aliphatic heterocycles. The van der Waals surface area contributed by atoms with Crippen LogP contribution in [-0.2, 0) is 16.6 Å². The molecule has 2 aromatic rings. The molecule has 0 amide bonds. The number of aromatic nitrogens is 1. The molecule has 0 bridgehead atoms. The van der Waals surface area contributed by atoms with E-state index in [0.717, 1.165) is 38.3 Å². The normalized spacial score (nSPS) is 30.9. The van der Waals surface area contributed by atoms with Crippen molar-refractivity contribution < 1.29 is 4.74 Å². The number of ether oxygens (including phenoxy) is 1. The summed E-state index contributed by atoms with van der Waals surface area (Å²) in [5.74, 6) is 0.811. The highest BCUT2D eigenvalue weighted by Gasteiger charge is 2.48. The van der Waals surface area contributed by atoms with Crippen LogP contribution >= 0.6 is 0 Å². The highest BCUT2D eigenvalue weighted by atomic mass is 16.5. The van der Waals surface area contributed by atoms with Crippen LogP contribution in [-0.4, -0.2) is 23.7 Å². The molecule has 3 heteroatoms. The van der Waals surface area contributed by atoms with Crippen molar-refractivity contribution in [1.82, 2.24) is 10.3 Å². The van der Waals surface area contributed by atoms with Gasteiger partial charge in [-0.2, -0.15) is 0 Å². The Labute approximate surface area is 193 Å². The molecule has 0 radical (unpaired) electrons. The van der Waals surface area contributed by atoms with E-state index < -0.39 is 0 Å². The number of nitrogens with one attached hydrogen (secondary N) is 1. The Morgan fingerprint density at radius 2 is 1.91 bits per heavy atom. The molecule has 1 aromatic heterocycles. The molecular formula is C29H38N2O. The molecule has 6 rings (SSSR count). The molecule has 3 atom stereocenters. The van der Waals surface area contributed by atoms with E-state index in [2.05, 4.69) is 41.7 Å². The van der Waals surface area contributed by atoms with Gasteiger partial charge in [0.05, 0.1) is 5.60 Å². The van der Waals surface area contributed by atoms with Crippen LogP contribution in [0.15, 0.2) is 42.6 Å². The predicted molar refractivity (Wildman–Crippen MR) is 129 cm³/mol. The first-order valence-electron chi connectivity index (χ1n) is 13.2. The zero-order valence-electron chi connectivity index (χ0n) is 19.5. The topological polar surface area (TPSA) is 34.1 Å². The van der Waals surface area contributed by atoms with Gasteiger partial charge in [-0.3, -0.25) is 4.98 Å².